The van der Waals surface area contributed by atoms with Gasteiger partial charge in [0.05, 0.1) is 19.8 Å². The van der Waals surface area contributed by atoms with Crippen molar-refractivity contribution in [3.63, 3.8) is 0 Å². The molecule has 0 amide bonds. The molecule has 0 aromatic carbocycles. The Morgan fingerprint density at radius 2 is 1.75 bits per heavy atom. The van der Waals surface area contributed by atoms with Crippen LogP contribution >= 0.6 is 24.0 Å². The molecular formula is C11H23NO2S2. The molecule has 0 N–H and O–H groups in total. The van der Waals surface area contributed by atoms with Crippen LogP contribution in [-0.4, -0.2) is 55.5 Å². The van der Waals surface area contributed by atoms with Crippen molar-refractivity contribution in [1.29, 1.82) is 0 Å². The summed E-state index contributed by atoms with van der Waals surface area (Å²) in [5.41, 5.74) is 0. The lowest BCUT2D eigenvalue weighted by molar-refractivity contribution is 0.0527. The van der Waals surface area contributed by atoms with Gasteiger partial charge < -0.3 is 14.4 Å². The van der Waals surface area contributed by atoms with E-state index in [1.54, 1.807) is 11.8 Å². The zero-order chi connectivity index (χ0) is 12.2. The van der Waals surface area contributed by atoms with Gasteiger partial charge in [-0.15, -0.1) is 0 Å². The molecule has 0 aliphatic rings. The van der Waals surface area contributed by atoms with Gasteiger partial charge in [0.1, 0.15) is 4.32 Å². The standard InChI is InChI=1S/C11H23NO2S2/c1-4-5-6-13-7-8-14-9-10-16-11(15)12(2)3/h4-10H2,1-3H3. The van der Waals surface area contributed by atoms with E-state index in [1.165, 1.54) is 6.42 Å². The Balaban J connectivity index is 3.07. The summed E-state index contributed by atoms with van der Waals surface area (Å²) in [7, 11) is 3.91. The Kier molecular flexibility index (Phi) is 11.8. The average molecular weight is 265 g/mol. The molecule has 0 saturated heterocycles. The van der Waals surface area contributed by atoms with Gasteiger partial charge in [-0.25, -0.2) is 0 Å². The van der Waals surface area contributed by atoms with E-state index >= 15 is 0 Å². The number of unbranched alkanes of at least 4 members (excludes halogenated alkanes) is 1. The van der Waals surface area contributed by atoms with E-state index in [-0.39, 0.29) is 0 Å². The van der Waals surface area contributed by atoms with Crippen LogP contribution in [0.25, 0.3) is 0 Å². The first-order valence-corrected chi connectivity index (χ1v) is 7.07. The van der Waals surface area contributed by atoms with Crippen LogP contribution in [0.5, 0.6) is 0 Å². The summed E-state index contributed by atoms with van der Waals surface area (Å²) in [6, 6.07) is 0. The molecule has 0 bridgehead atoms. The monoisotopic (exact) mass is 265 g/mol. The maximum absolute atomic E-state index is 5.42. The van der Waals surface area contributed by atoms with Crippen LogP contribution in [0.1, 0.15) is 19.8 Å². The first-order chi connectivity index (χ1) is 7.68. The van der Waals surface area contributed by atoms with Crippen molar-refractivity contribution in [3.8, 4) is 0 Å². The van der Waals surface area contributed by atoms with Crippen molar-refractivity contribution in [3.05, 3.63) is 0 Å². The molecule has 0 spiro atoms. The topological polar surface area (TPSA) is 21.7 Å². The molecule has 3 nitrogen and oxygen atoms in total. The van der Waals surface area contributed by atoms with Crippen LogP contribution in [0.4, 0.5) is 0 Å². The van der Waals surface area contributed by atoms with Gasteiger partial charge >= 0.3 is 0 Å². The number of hydrogen-bond donors (Lipinski definition) is 0. The fourth-order valence-electron chi connectivity index (χ4n) is 0.885. The number of thiocarbonyl (C=S) groups is 1. The lowest BCUT2D eigenvalue weighted by Gasteiger charge is -2.12. The molecule has 0 aromatic rings. The van der Waals surface area contributed by atoms with Crippen LogP contribution < -0.4 is 0 Å². The van der Waals surface area contributed by atoms with Crippen molar-refractivity contribution in [2.24, 2.45) is 0 Å². The SMILES string of the molecule is CCCCOCCOCCSC(=S)N(C)C. The summed E-state index contributed by atoms with van der Waals surface area (Å²) < 4.78 is 11.7. The summed E-state index contributed by atoms with van der Waals surface area (Å²) in [4.78, 5) is 1.94. The van der Waals surface area contributed by atoms with Crippen molar-refractivity contribution in [2.75, 3.05) is 46.3 Å². The third-order valence-corrected chi connectivity index (χ3v) is 3.53. The van der Waals surface area contributed by atoms with Gasteiger partial charge in [-0.2, -0.15) is 0 Å². The summed E-state index contributed by atoms with van der Waals surface area (Å²) in [5, 5.41) is 0. The van der Waals surface area contributed by atoms with Crippen LogP contribution in [-0.2, 0) is 9.47 Å². The van der Waals surface area contributed by atoms with Gasteiger partial charge in [0.25, 0.3) is 0 Å². The predicted molar refractivity (Wildman–Crippen MR) is 75.3 cm³/mol. The molecule has 0 atom stereocenters. The number of rotatable bonds is 9. The van der Waals surface area contributed by atoms with E-state index in [4.69, 9.17) is 21.7 Å². The van der Waals surface area contributed by atoms with Gasteiger partial charge in [0, 0.05) is 26.5 Å². The zero-order valence-corrected chi connectivity index (χ0v) is 12.2. The molecule has 96 valence electrons. The summed E-state index contributed by atoms with van der Waals surface area (Å²) in [6.07, 6.45) is 2.31. The van der Waals surface area contributed by atoms with Crippen molar-refractivity contribution in [2.45, 2.75) is 19.8 Å². The van der Waals surface area contributed by atoms with E-state index < -0.39 is 0 Å². The Labute approximate surface area is 109 Å². The number of ether oxygens (including phenoxy) is 2. The molecule has 0 aliphatic heterocycles. The Morgan fingerprint density at radius 1 is 1.12 bits per heavy atom. The highest BCUT2D eigenvalue weighted by molar-refractivity contribution is 8.22. The van der Waals surface area contributed by atoms with Crippen LogP contribution in [0.3, 0.4) is 0 Å². The number of nitrogens with zero attached hydrogens (tertiary/aromatic N) is 1. The largest absolute Gasteiger partial charge is 0.379 e. The van der Waals surface area contributed by atoms with E-state index in [9.17, 15) is 0 Å². The summed E-state index contributed by atoms with van der Waals surface area (Å²) in [6.45, 7) is 5.11. The van der Waals surface area contributed by atoms with Gasteiger partial charge in [0.2, 0.25) is 0 Å². The first-order valence-electron chi connectivity index (χ1n) is 5.68. The summed E-state index contributed by atoms with van der Waals surface area (Å²) >= 11 is 6.78. The quantitative estimate of drug-likeness (QED) is 0.470. The van der Waals surface area contributed by atoms with Gasteiger partial charge in [0.15, 0.2) is 0 Å². The minimum Gasteiger partial charge on any atom is -0.379 e. The average Bonchev–Trinajstić information content (AvgIpc) is 2.26. The summed E-state index contributed by atoms with van der Waals surface area (Å²) in [5.74, 6) is 0.909. The van der Waals surface area contributed by atoms with E-state index in [2.05, 4.69) is 6.92 Å². The van der Waals surface area contributed by atoms with E-state index in [0.29, 0.717) is 13.2 Å². The third kappa shape index (κ3) is 10.7. The minimum absolute atomic E-state index is 0.680. The highest BCUT2D eigenvalue weighted by atomic mass is 32.2. The van der Waals surface area contributed by atoms with E-state index in [0.717, 1.165) is 29.7 Å². The van der Waals surface area contributed by atoms with Crippen LogP contribution in [0.2, 0.25) is 0 Å². The normalized spacial score (nSPS) is 10.4. The van der Waals surface area contributed by atoms with Crippen molar-refractivity contribution >= 4 is 28.3 Å². The Morgan fingerprint density at radius 3 is 2.31 bits per heavy atom. The second-order valence-electron chi connectivity index (χ2n) is 3.59. The Hall–Kier alpha value is 0.160. The maximum Gasteiger partial charge on any atom is 0.135 e. The van der Waals surface area contributed by atoms with Gasteiger partial charge in [-0.3, -0.25) is 0 Å². The van der Waals surface area contributed by atoms with Gasteiger partial charge in [-0.05, 0) is 6.42 Å². The lowest BCUT2D eigenvalue weighted by Crippen LogP contribution is -2.17. The van der Waals surface area contributed by atoms with Gasteiger partial charge in [-0.1, -0.05) is 37.3 Å². The number of hydrogen-bond acceptors (Lipinski definition) is 4. The molecule has 0 rings (SSSR count). The molecule has 0 fully saturated rings. The minimum atomic E-state index is 0.680. The predicted octanol–water partition coefficient (Wildman–Crippen LogP) is 2.40. The molecule has 0 unspecified atom stereocenters. The van der Waals surface area contributed by atoms with Crippen molar-refractivity contribution in [1.82, 2.24) is 4.90 Å². The highest BCUT2D eigenvalue weighted by Gasteiger charge is 1.98. The van der Waals surface area contributed by atoms with Crippen molar-refractivity contribution < 1.29 is 9.47 Å². The molecule has 0 aromatic heterocycles. The second-order valence-corrected chi connectivity index (χ2v) is 5.32. The van der Waals surface area contributed by atoms with Crippen LogP contribution in [0, 0.1) is 0 Å². The highest BCUT2D eigenvalue weighted by Crippen LogP contribution is 2.05. The molecule has 0 heterocycles. The van der Waals surface area contributed by atoms with Crippen LogP contribution in [0.15, 0.2) is 0 Å². The molecule has 0 aliphatic carbocycles. The Bertz CT molecular complexity index is 177. The molecule has 16 heavy (non-hydrogen) atoms. The smallest absolute Gasteiger partial charge is 0.135 e. The first kappa shape index (κ1) is 16.2. The maximum atomic E-state index is 5.42. The third-order valence-electron chi connectivity index (χ3n) is 1.83. The molecule has 0 saturated carbocycles. The lowest BCUT2D eigenvalue weighted by atomic mass is 10.4. The fraction of sp³-hybridized carbons (Fsp3) is 0.909. The molecule has 0 radical (unpaired) electrons. The number of thioether (sulfide) groups is 1. The zero-order valence-electron chi connectivity index (χ0n) is 10.5. The molecule has 5 heteroatoms. The molecular weight excluding hydrogens is 242 g/mol. The van der Waals surface area contributed by atoms with E-state index in [1.807, 2.05) is 19.0 Å². The second kappa shape index (κ2) is 11.6. The fourth-order valence-corrected chi connectivity index (χ4v) is 1.77.